The van der Waals surface area contributed by atoms with E-state index in [1.54, 1.807) is 6.92 Å². The van der Waals surface area contributed by atoms with E-state index in [0.29, 0.717) is 0 Å². The molecule has 0 radical (unpaired) electrons. The summed E-state index contributed by atoms with van der Waals surface area (Å²) in [4.78, 5) is 13.2. The lowest BCUT2D eigenvalue weighted by Crippen LogP contribution is -2.44. The van der Waals surface area contributed by atoms with Crippen LogP contribution in [0, 0.1) is 0 Å². The maximum atomic E-state index is 11.3. The van der Waals surface area contributed by atoms with Gasteiger partial charge in [-0.1, -0.05) is 0 Å². The highest BCUT2D eigenvalue weighted by Gasteiger charge is 2.18. The van der Waals surface area contributed by atoms with Crippen LogP contribution in [0.15, 0.2) is 0 Å². The topological polar surface area (TPSA) is 46.3 Å². The third kappa shape index (κ3) is 2.19. The molecule has 2 N–H and O–H groups in total. The van der Waals surface area contributed by atoms with Gasteiger partial charge in [-0.05, 0) is 26.2 Å². The Bertz CT molecular complexity index is 139. The van der Waals surface area contributed by atoms with Crippen molar-refractivity contribution in [2.24, 2.45) is 5.73 Å². The lowest BCUT2D eigenvalue weighted by Gasteiger charge is -2.27. The largest absolute Gasteiger partial charge is 0.341 e. The molecule has 1 atom stereocenters. The molecule has 0 aromatic carbocycles. The Morgan fingerprint density at radius 2 is 1.91 bits per heavy atom. The van der Waals surface area contributed by atoms with Crippen LogP contribution in [0.5, 0.6) is 0 Å². The Morgan fingerprint density at radius 3 is 2.36 bits per heavy atom. The van der Waals surface area contributed by atoms with Crippen LogP contribution in [0.3, 0.4) is 0 Å². The third-order valence-corrected chi connectivity index (χ3v) is 2.06. The van der Waals surface area contributed by atoms with Crippen LogP contribution in [0.2, 0.25) is 0 Å². The van der Waals surface area contributed by atoms with Gasteiger partial charge < -0.3 is 10.6 Å². The first-order chi connectivity index (χ1) is 5.22. The molecule has 0 aromatic rings. The van der Waals surface area contributed by atoms with Gasteiger partial charge >= 0.3 is 0 Å². The standard InChI is InChI=1S/C8H16N2O/c1-7(9)8(11)10-5-3-2-4-6-10/h7H,2-6,9H2,1H3/t7-/m1/s1. The van der Waals surface area contributed by atoms with Gasteiger partial charge in [0, 0.05) is 13.1 Å². The van der Waals surface area contributed by atoms with Crippen molar-refractivity contribution in [3.8, 4) is 0 Å². The highest BCUT2D eigenvalue weighted by atomic mass is 16.2. The van der Waals surface area contributed by atoms with Crippen molar-refractivity contribution in [2.75, 3.05) is 13.1 Å². The summed E-state index contributed by atoms with van der Waals surface area (Å²) < 4.78 is 0. The smallest absolute Gasteiger partial charge is 0.239 e. The molecule has 11 heavy (non-hydrogen) atoms. The fraction of sp³-hybridized carbons (Fsp3) is 0.875. The van der Waals surface area contributed by atoms with Crippen molar-refractivity contribution in [2.45, 2.75) is 32.2 Å². The summed E-state index contributed by atoms with van der Waals surface area (Å²) in [5, 5.41) is 0. The van der Waals surface area contributed by atoms with Gasteiger partial charge in [0.05, 0.1) is 6.04 Å². The molecule has 3 nitrogen and oxygen atoms in total. The fourth-order valence-corrected chi connectivity index (χ4v) is 1.40. The van der Waals surface area contributed by atoms with E-state index in [4.69, 9.17) is 5.73 Å². The van der Waals surface area contributed by atoms with Crippen molar-refractivity contribution >= 4 is 5.91 Å². The van der Waals surface area contributed by atoms with E-state index < -0.39 is 0 Å². The summed E-state index contributed by atoms with van der Waals surface area (Å²) in [6.45, 7) is 3.55. The van der Waals surface area contributed by atoms with E-state index in [9.17, 15) is 4.79 Å². The summed E-state index contributed by atoms with van der Waals surface area (Å²) in [6, 6.07) is -0.326. The monoisotopic (exact) mass is 156 g/mol. The molecule has 0 saturated carbocycles. The van der Waals surface area contributed by atoms with Gasteiger partial charge in [0.1, 0.15) is 0 Å². The zero-order valence-electron chi connectivity index (χ0n) is 7.05. The molecule has 1 saturated heterocycles. The summed E-state index contributed by atoms with van der Waals surface area (Å²) in [5.74, 6) is 0.102. The highest BCUT2D eigenvalue weighted by Crippen LogP contribution is 2.09. The van der Waals surface area contributed by atoms with Crippen LogP contribution < -0.4 is 5.73 Å². The zero-order chi connectivity index (χ0) is 8.27. The fourth-order valence-electron chi connectivity index (χ4n) is 1.40. The molecule has 64 valence electrons. The minimum Gasteiger partial charge on any atom is -0.341 e. The molecule has 0 bridgehead atoms. The van der Waals surface area contributed by atoms with Crippen LogP contribution in [-0.4, -0.2) is 29.9 Å². The number of rotatable bonds is 1. The lowest BCUT2D eigenvalue weighted by atomic mass is 10.1. The normalized spacial score (nSPS) is 21.5. The number of piperidine rings is 1. The first-order valence-electron chi connectivity index (χ1n) is 4.26. The Balaban J connectivity index is 2.39. The number of carbonyl (C=O) groups excluding carboxylic acids is 1. The van der Waals surface area contributed by atoms with Gasteiger partial charge in [0.15, 0.2) is 0 Å². The molecule has 1 rings (SSSR count). The van der Waals surface area contributed by atoms with Crippen molar-refractivity contribution in [1.82, 2.24) is 4.90 Å². The maximum absolute atomic E-state index is 11.3. The highest BCUT2D eigenvalue weighted by molar-refractivity contribution is 5.81. The number of amides is 1. The zero-order valence-corrected chi connectivity index (χ0v) is 7.05. The summed E-state index contributed by atoms with van der Waals surface area (Å²) in [5.41, 5.74) is 5.48. The SMILES string of the molecule is C[C@@H](N)C(=O)N1CCCCC1. The molecule has 1 amide bonds. The molecule has 1 aliphatic heterocycles. The average molecular weight is 156 g/mol. The van der Waals surface area contributed by atoms with Crippen LogP contribution in [0.1, 0.15) is 26.2 Å². The molecular weight excluding hydrogens is 140 g/mol. The second kappa shape index (κ2) is 3.72. The summed E-state index contributed by atoms with van der Waals surface area (Å²) in [7, 11) is 0. The summed E-state index contributed by atoms with van der Waals surface area (Å²) >= 11 is 0. The minimum absolute atomic E-state index is 0.102. The molecule has 0 spiro atoms. The van der Waals surface area contributed by atoms with Crippen molar-refractivity contribution in [3.05, 3.63) is 0 Å². The number of hydrogen-bond donors (Lipinski definition) is 1. The van der Waals surface area contributed by atoms with Gasteiger partial charge in [-0.2, -0.15) is 0 Å². The molecule has 0 aromatic heterocycles. The molecule has 1 aliphatic rings. The van der Waals surface area contributed by atoms with E-state index in [1.807, 2.05) is 4.90 Å². The average Bonchev–Trinajstić information content (AvgIpc) is 2.05. The van der Waals surface area contributed by atoms with Crippen molar-refractivity contribution < 1.29 is 4.79 Å². The van der Waals surface area contributed by atoms with E-state index in [1.165, 1.54) is 6.42 Å². The van der Waals surface area contributed by atoms with Gasteiger partial charge in [0.25, 0.3) is 0 Å². The quantitative estimate of drug-likeness (QED) is 0.595. The lowest BCUT2D eigenvalue weighted by molar-refractivity contribution is -0.133. The van der Waals surface area contributed by atoms with E-state index >= 15 is 0 Å². The number of likely N-dealkylation sites (tertiary alicyclic amines) is 1. The number of hydrogen-bond acceptors (Lipinski definition) is 2. The minimum atomic E-state index is -0.326. The van der Waals surface area contributed by atoms with Crippen molar-refractivity contribution in [1.29, 1.82) is 0 Å². The van der Waals surface area contributed by atoms with Crippen LogP contribution in [0.25, 0.3) is 0 Å². The predicted octanol–water partition coefficient (Wildman–Crippen LogP) is 0.346. The third-order valence-electron chi connectivity index (χ3n) is 2.06. The predicted molar refractivity (Wildman–Crippen MR) is 44.1 cm³/mol. The molecular formula is C8H16N2O. The molecule has 1 fully saturated rings. The van der Waals surface area contributed by atoms with Crippen LogP contribution >= 0.6 is 0 Å². The molecule has 0 unspecified atom stereocenters. The van der Waals surface area contributed by atoms with E-state index in [0.717, 1.165) is 25.9 Å². The second-order valence-corrected chi connectivity index (χ2v) is 3.17. The van der Waals surface area contributed by atoms with Gasteiger partial charge in [-0.3, -0.25) is 4.79 Å². The van der Waals surface area contributed by atoms with Crippen LogP contribution in [0.4, 0.5) is 0 Å². The first kappa shape index (κ1) is 8.53. The van der Waals surface area contributed by atoms with E-state index in [2.05, 4.69) is 0 Å². The molecule has 0 aliphatic carbocycles. The summed E-state index contributed by atoms with van der Waals surface area (Å²) in [6.07, 6.45) is 3.53. The van der Waals surface area contributed by atoms with Crippen molar-refractivity contribution in [3.63, 3.8) is 0 Å². The van der Waals surface area contributed by atoms with Gasteiger partial charge in [-0.15, -0.1) is 0 Å². The Labute approximate surface area is 67.5 Å². The Kier molecular flexibility index (Phi) is 2.88. The molecule has 3 heteroatoms. The Hall–Kier alpha value is -0.570. The molecule has 1 heterocycles. The first-order valence-corrected chi connectivity index (χ1v) is 4.26. The van der Waals surface area contributed by atoms with Crippen LogP contribution in [-0.2, 0) is 4.79 Å². The Morgan fingerprint density at radius 1 is 1.36 bits per heavy atom. The second-order valence-electron chi connectivity index (χ2n) is 3.17. The maximum Gasteiger partial charge on any atom is 0.239 e. The number of nitrogens with two attached hydrogens (primary N) is 1. The van der Waals surface area contributed by atoms with Gasteiger partial charge in [-0.25, -0.2) is 0 Å². The number of nitrogens with zero attached hydrogens (tertiary/aromatic N) is 1. The van der Waals surface area contributed by atoms with Gasteiger partial charge in [0.2, 0.25) is 5.91 Å². The van der Waals surface area contributed by atoms with E-state index in [-0.39, 0.29) is 11.9 Å². The number of carbonyl (C=O) groups is 1.